The van der Waals surface area contributed by atoms with Gasteiger partial charge in [0.1, 0.15) is 5.65 Å². The Morgan fingerprint density at radius 3 is 3.00 bits per heavy atom. The van der Waals surface area contributed by atoms with E-state index in [1.807, 2.05) is 19.1 Å². The molecule has 0 fully saturated rings. The molecule has 17 heavy (non-hydrogen) atoms. The van der Waals surface area contributed by atoms with Gasteiger partial charge in [0.15, 0.2) is 11.5 Å². The SMILES string of the molecule is Cc1ccn2c(N=O)c(-c3ccco3)nc2c1. The third-order valence-electron chi connectivity index (χ3n) is 2.60. The van der Waals surface area contributed by atoms with Crippen LogP contribution in [0.4, 0.5) is 5.82 Å². The normalized spacial score (nSPS) is 10.9. The highest BCUT2D eigenvalue weighted by molar-refractivity contribution is 5.71. The molecule has 0 aliphatic carbocycles. The van der Waals surface area contributed by atoms with E-state index >= 15 is 0 Å². The zero-order valence-electron chi connectivity index (χ0n) is 9.12. The molecule has 5 nitrogen and oxygen atoms in total. The number of hydrogen-bond acceptors (Lipinski definition) is 4. The summed E-state index contributed by atoms with van der Waals surface area (Å²) in [7, 11) is 0. The maximum absolute atomic E-state index is 10.9. The molecule has 0 saturated carbocycles. The second-order valence-corrected chi connectivity index (χ2v) is 3.78. The van der Waals surface area contributed by atoms with Crippen molar-refractivity contribution in [1.82, 2.24) is 9.38 Å². The minimum absolute atomic E-state index is 0.259. The van der Waals surface area contributed by atoms with Crippen molar-refractivity contribution in [2.75, 3.05) is 0 Å². The summed E-state index contributed by atoms with van der Waals surface area (Å²) in [4.78, 5) is 15.3. The lowest BCUT2D eigenvalue weighted by Gasteiger charge is -1.95. The molecule has 3 heterocycles. The number of imidazole rings is 1. The molecular weight excluding hydrogens is 218 g/mol. The molecule has 0 aromatic carbocycles. The fourth-order valence-electron chi connectivity index (χ4n) is 1.80. The van der Waals surface area contributed by atoms with Gasteiger partial charge in [0.2, 0.25) is 5.82 Å². The summed E-state index contributed by atoms with van der Waals surface area (Å²) in [5.74, 6) is 0.802. The lowest BCUT2D eigenvalue weighted by Crippen LogP contribution is -1.83. The standard InChI is InChI=1S/C12H9N3O2/c1-8-4-5-15-10(7-8)13-11(12(15)14-16)9-3-2-6-17-9/h2-7H,1H3. The molecule has 84 valence electrons. The van der Waals surface area contributed by atoms with Crippen molar-refractivity contribution in [3.63, 3.8) is 0 Å². The maximum Gasteiger partial charge on any atom is 0.212 e. The smallest absolute Gasteiger partial charge is 0.212 e. The highest BCUT2D eigenvalue weighted by Gasteiger charge is 2.16. The third-order valence-corrected chi connectivity index (χ3v) is 2.60. The first-order chi connectivity index (χ1) is 8.29. The lowest BCUT2D eigenvalue weighted by molar-refractivity contribution is 0.580. The molecule has 3 rings (SSSR count). The van der Waals surface area contributed by atoms with Crippen molar-refractivity contribution in [1.29, 1.82) is 0 Å². The second kappa shape index (κ2) is 3.55. The number of aryl methyl sites for hydroxylation is 1. The summed E-state index contributed by atoms with van der Waals surface area (Å²) in [6.45, 7) is 1.97. The van der Waals surface area contributed by atoms with Crippen LogP contribution >= 0.6 is 0 Å². The van der Waals surface area contributed by atoms with E-state index in [0.717, 1.165) is 5.56 Å². The fourth-order valence-corrected chi connectivity index (χ4v) is 1.80. The molecule has 5 heteroatoms. The summed E-state index contributed by atoms with van der Waals surface area (Å²) < 4.78 is 6.90. The first-order valence-corrected chi connectivity index (χ1v) is 5.15. The van der Waals surface area contributed by atoms with Crippen molar-refractivity contribution in [2.24, 2.45) is 5.18 Å². The number of furan rings is 1. The van der Waals surface area contributed by atoms with Crippen LogP contribution < -0.4 is 0 Å². The van der Waals surface area contributed by atoms with Crippen molar-refractivity contribution in [3.8, 4) is 11.5 Å². The van der Waals surface area contributed by atoms with Gasteiger partial charge < -0.3 is 4.42 Å². The predicted molar refractivity (Wildman–Crippen MR) is 63.1 cm³/mol. The van der Waals surface area contributed by atoms with Gasteiger partial charge in [-0.15, -0.1) is 4.91 Å². The number of rotatable bonds is 2. The van der Waals surface area contributed by atoms with Gasteiger partial charge in [0.25, 0.3) is 0 Å². The lowest BCUT2D eigenvalue weighted by atomic mass is 10.3. The van der Waals surface area contributed by atoms with E-state index in [1.54, 1.807) is 29.0 Å². The van der Waals surface area contributed by atoms with E-state index in [2.05, 4.69) is 10.2 Å². The summed E-state index contributed by atoms with van der Waals surface area (Å²) >= 11 is 0. The Balaban J connectivity index is 2.35. The number of aromatic nitrogens is 2. The first-order valence-electron chi connectivity index (χ1n) is 5.15. The maximum atomic E-state index is 10.9. The van der Waals surface area contributed by atoms with Gasteiger partial charge in [-0.1, -0.05) is 0 Å². The quantitative estimate of drug-likeness (QED) is 0.631. The minimum atomic E-state index is 0.259. The Hall–Kier alpha value is -2.43. The van der Waals surface area contributed by atoms with Gasteiger partial charge in [-0.3, -0.25) is 4.40 Å². The molecule has 0 N–H and O–H groups in total. The predicted octanol–water partition coefficient (Wildman–Crippen LogP) is 3.30. The van der Waals surface area contributed by atoms with Crippen LogP contribution in [0.15, 0.2) is 46.3 Å². The molecule has 0 aliphatic rings. The van der Waals surface area contributed by atoms with Crippen LogP contribution in [0.2, 0.25) is 0 Å². The van der Waals surface area contributed by atoms with Crippen molar-refractivity contribution >= 4 is 11.5 Å². The average Bonchev–Trinajstić information content (AvgIpc) is 2.94. The summed E-state index contributed by atoms with van der Waals surface area (Å²) in [5.41, 5.74) is 2.23. The molecule has 0 saturated heterocycles. The summed E-state index contributed by atoms with van der Waals surface area (Å²) in [6, 6.07) is 7.29. The largest absolute Gasteiger partial charge is 0.463 e. The van der Waals surface area contributed by atoms with Crippen LogP contribution in [0.5, 0.6) is 0 Å². The van der Waals surface area contributed by atoms with Crippen LogP contribution in [-0.2, 0) is 0 Å². The molecule has 3 aromatic rings. The molecule has 0 unspecified atom stereocenters. The van der Waals surface area contributed by atoms with Gasteiger partial charge in [-0.2, -0.15) is 0 Å². The van der Waals surface area contributed by atoms with Gasteiger partial charge in [0.05, 0.1) is 6.26 Å². The van der Waals surface area contributed by atoms with Crippen LogP contribution in [0, 0.1) is 11.8 Å². The first kappa shape index (κ1) is 9.77. The molecule has 0 atom stereocenters. The van der Waals surface area contributed by atoms with Gasteiger partial charge in [0, 0.05) is 6.20 Å². The molecule has 0 spiro atoms. The average molecular weight is 227 g/mol. The van der Waals surface area contributed by atoms with Gasteiger partial charge in [-0.25, -0.2) is 4.98 Å². The van der Waals surface area contributed by atoms with E-state index < -0.39 is 0 Å². The van der Waals surface area contributed by atoms with Crippen molar-refractivity contribution in [3.05, 3.63) is 47.2 Å². The van der Waals surface area contributed by atoms with Gasteiger partial charge in [-0.05, 0) is 41.9 Å². The Bertz CT molecular complexity index is 683. The number of nitrogens with zero attached hydrogens (tertiary/aromatic N) is 3. The van der Waals surface area contributed by atoms with E-state index in [1.165, 1.54) is 0 Å². The second-order valence-electron chi connectivity index (χ2n) is 3.78. The van der Waals surface area contributed by atoms with Crippen molar-refractivity contribution < 1.29 is 4.42 Å². The highest BCUT2D eigenvalue weighted by atomic mass is 16.3. The van der Waals surface area contributed by atoms with E-state index in [9.17, 15) is 4.91 Å². The third kappa shape index (κ3) is 1.44. The van der Waals surface area contributed by atoms with E-state index in [4.69, 9.17) is 4.42 Å². The van der Waals surface area contributed by atoms with E-state index in [0.29, 0.717) is 17.1 Å². The Labute approximate surface area is 96.7 Å². The topological polar surface area (TPSA) is 59.9 Å². The van der Waals surface area contributed by atoms with Crippen LogP contribution in [0.25, 0.3) is 17.1 Å². The Morgan fingerprint density at radius 1 is 1.41 bits per heavy atom. The number of nitroso groups, excluding NO2 is 1. The number of pyridine rings is 1. The molecule has 0 radical (unpaired) electrons. The van der Waals surface area contributed by atoms with Crippen LogP contribution in [-0.4, -0.2) is 9.38 Å². The Kier molecular flexibility index (Phi) is 2.04. The highest BCUT2D eigenvalue weighted by Crippen LogP contribution is 2.31. The van der Waals surface area contributed by atoms with Crippen LogP contribution in [0.3, 0.4) is 0 Å². The van der Waals surface area contributed by atoms with E-state index in [-0.39, 0.29) is 5.82 Å². The fraction of sp³-hybridized carbons (Fsp3) is 0.0833. The zero-order chi connectivity index (χ0) is 11.8. The molecule has 0 amide bonds. The molecule has 3 aromatic heterocycles. The van der Waals surface area contributed by atoms with Gasteiger partial charge >= 0.3 is 0 Å². The molecule has 0 bridgehead atoms. The minimum Gasteiger partial charge on any atom is -0.463 e. The van der Waals surface area contributed by atoms with Crippen molar-refractivity contribution in [2.45, 2.75) is 6.92 Å². The number of hydrogen-bond donors (Lipinski definition) is 0. The molecular formula is C12H9N3O2. The monoisotopic (exact) mass is 227 g/mol. The Morgan fingerprint density at radius 2 is 2.29 bits per heavy atom. The summed E-state index contributed by atoms with van der Waals surface area (Å²) in [5, 5.41) is 3.03. The van der Waals surface area contributed by atoms with Crippen LogP contribution in [0.1, 0.15) is 5.56 Å². The molecule has 0 aliphatic heterocycles. The summed E-state index contributed by atoms with van der Waals surface area (Å²) in [6.07, 6.45) is 3.32. The zero-order valence-corrected chi connectivity index (χ0v) is 9.12. The number of fused-ring (bicyclic) bond motifs is 1.